The second kappa shape index (κ2) is 6.99. The van der Waals surface area contributed by atoms with Crippen LogP contribution in [0.1, 0.15) is 32.4 Å². The summed E-state index contributed by atoms with van der Waals surface area (Å²) in [4.78, 5) is 9.47. The third-order valence-electron chi connectivity index (χ3n) is 5.50. The Morgan fingerprint density at radius 3 is 3.00 bits per heavy atom. The molecule has 1 N–H and O–H groups in total. The molecule has 2 aliphatic carbocycles. The average Bonchev–Trinajstić information content (AvgIpc) is 2.65. The van der Waals surface area contributed by atoms with E-state index < -0.39 is 0 Å². The highest BCUT2D eigenvalue weighted by Gasteiger charge is 2.47. The lowest BCUT2D eigenvalue weighted by atomic mass is 9.62. The minimum atomic E-state index is -0.329. The Morgan fingerprint density at radius 1 is 1.33 bits per heavy atom. The zero-order valence-electron chi connectivity index (χ0n) is 15.9. The molecule has 2 atom stereocenters. The summed E-state index contributed by atoms with van der Waals surface area (Å²) in [5.74, 6) is 0.395. The lowest BCUT2D eigenvalue weighted by molar-refractivity contribution is 0.453. The van der Waals surface area contributed by atoms with E-state index in [4.69, 9.17) is 4.99 Å². The molecule has 4 rings (SSSR count). The van der Waals surface area contributed by atoms with Crippen LogP contribution in [0.4, 0.5) is 0 Å². The largest absolute Gasteiger partial charge is 0.359 e. The van der Waals surface area contributed by atoms with E-state index in [0.717, 1.165) is 24.2 Å². The van der Waals surface area contributed by atoms with Crippen LogP contribution < -0.4 is 5.32 Å². The van der Waals surface area contributed by atoms with Crippen LogP contribution in [0.3, 0.4) is 0 Å². The Balaban J connectivity index is 1.75. The lowest BCUT2D eigenvalue weighted by Gasteiger charge is -2.47. The second-order valence-electron chi connectivity index (χ2n) is 7.37. The van der Waals surface area contributed by atoms with E-state index in [-0.39, 0.29) is 5.54 Å². The van der Waals surface area contributed by atoms with Crippen molar-refractivity contribution in [2.24, 2.45) is 10.9 Å². The molecule has 0 aromatic carbocycles. The zero-order valence-corrected chi connectivity index (χ0v) is 15.9. The van der Waals surface area contributed by atoms with Gasteiger partial charge in [0.05, 0.1) is 5.69 Å². The third kappa shape index (κ3) is 3.14. The summed E-state index contributed by atoms with van der Waals surface area (Å²) in [5.41, 5.74) is 6.89. The molecular weight excluding hydrogens is 330 g/mol. The van der Waals surface area contributed by atoms with Crippen molar-refractivity contribution < 1.29 is 0 Å². The fourth-order valence-electron chi connectivity index (χ4n) is 4.51. The first-order chi connectivity index (χ1) is 13.1. The molecule has 3 heteroatoms. The standard InChI is InChI=1S/C24H25N3/c1-4-21-19-14-17(2)16-24(21,22-11-10-18(3)27-23(22)15-19)26-13-7-9-20-8-5-6-12-25-20/h4-14,19,27H,3,15-16H2,1-2H3/b9-7+,21-4+,26-13?. The Bertz CT molecular complexity index is 941. The highest BCUT2D eigenvalue weighted by molar-refractivity contribution is 5.79. The van der Waals surface area contributed by atoms with Gasteiger partial charge < -0.3 is 5.32 Å². The number of nitrogens with zero attached hydrogens (tertiary/aromatic N) is 2. The summed E-state index contributed by atoms with van der Waals surface area (Å²) in [6.07, 6.45) is 18.5. The number of aromatic nitrogens is 1. The number of hydrogen-bond donors (Lipinski definition) is 1. The fraction of sp³-hybridized carbons (Fsp3) is 0.250. The molecule has 27 heavy (non-hydrogen) atoms. The quantitative estimate of drug-likeness (QED) is 0.601. The van der Waals surface area contributed by atoms with E-state index >= 15 is 0 Å². The molecule has 2 heterocycles. The lowest BCUT2D eigenvalue weighted by Crippen LogP contribution is -2.44. The van der Waals surface area contributed by atoms with Crippen LogP contribution in [0.2, 0.25) is 0 Å². The van der Waals surface area contributed by atoms with Gasteiger partial charge in [-0.15, -0.1) is 0 Å². The van der Waals surface area contributed by atoms with Crippen molar-refractivity contribution in [1.82, 2.24) is 10.3 Å². The summed E-state index contributed by atoms with van der Waals surface area (Å²) >= 11 is 0. The van der Waals surface area contributed by atoms with Crippen LogP contribution in [-0.2, 0) is 0 Å². The van der Waals surface area contributed by atoms with Crippen molar-refractivity contribution in [2.75, 3.05) is 0 Å². The molecule has 1 aromatic heterocycles. The maximum atomic E-state index is 5.13. The molecule has 0 saturated heterocycles. The number of fused-ring (bicyclic) bond motifs is 3. The molecule has 0 radical (unpaired) electrons. The predicted molar refractivity (Wildman–Crippen MR) is 113 cm³/mol. The van der Waals surface area contributed by atoms with E-state index in [9.17, 15) is 0 Å². The fourth-order valence-corrected chi connectivity index (χ4v) is 4.51. The van der Waals surface area contributed by atoms with Crippen LogP contribution in [0.5, 0.6) is 0 Å². The van der Waals surface area contributed by atoms with E-state index in [2.05, 4.69) is 55.0 Å². The Labute approximate surface area is 161 Å². The maximum absolute atomic E-state index is 5.13. The SMILES string of the molecule is C=C1C=CC2=C(CC3C=C(C)CC2(N=C/C=C/c2ccccn2)/C3=C/C)N1. The normalized spacial score (nSPS) is 28.7. The van der Waals surface area contributed by atoms with Gasteiger partial charge in [0.25, 0.3) is 0 Å². The Morgan fingerprint density at radius 2 is 2.22 bits per heavy atom. The highest BCUT2D eigenvalue weighted by atomic mass is 15.0. The van der Waals surface area contributed by atoms with E-state index in [1.807, 2.05) is 36.6 Å². The van der Waals surface area contributed by atoms with Gasteiger partial charge in [0.1, 0.15) is 5.54 Å². The number of nitrogens with one attached hydrogen (secondary N) is 1. The number of dihydropyridines is 1. The topological polar surface area (TPSA) is 37.3 Å². The van der Waals surface area contributed by atoms with E-state index in [1.54, 1.807) is 6.20 Å². The second-order valence-corrected chi connectivity index (χ2v) is 7.37. The van der Waals surface area contributed by atoms with Gasteiger partial charge in [-0.05, 0) is 56.2 Å². The summed E-state index contributed by atoms with van der Waals surface area (Å²) in [7, 11) is 0. The van der Waals surface area contributed by atoms with Crippen LogP contribution >= 0.6 is 0 Å². The highest BCUT2D eigenvalue weighted by Crippen LogP contribution is 2.51. The van der Waals surface area contributed by atoms with Crippen molar-refractivity contribution in [3.8, 4) is 0 Å². The molecule has 0 fully saturated rings. The Hall–Kier alpha value is -2.94. The van der Waals surface area contributed by atoms with Gasteiger partial charge in [-0.3, -0.25) is 9.98 Å². The number of allylic oxidation sites excluding steroid dienone is 5. The van der Waals surface area contributed by atoms with Crippen LogP contribution in [0.15, 0.2) is 94.5 Å². The van der Waals surface area contributed by atoms with Gasteiger partial charge >= 0.3 is 0 Å². The van der Waals surface area contributed by atoms with Crippen LogP contribution in [0.25, 0.3) is 6.08 Å². The van der Waals surface area contributed by atoms with Crippen LogP contribution in [0, 0.1) is 5.92 Å². The molecule has 0 amide bonds. The van der Waals surface area contributed by atoms with Gasteiger partial charge in [0.2, 0.25) is 0 Å². The zero-order chi connectivity index (χ0) is 18.9. The molecule has 0 spiro atoms. The third-order valence-corrected chi connectivity index (χ3v) is 5.50. The van der Waals surface area contributed by atoms with E-state index in [1.165, 1.54) is 22.4 Å². The van der Waals surface area contributed by atoms with Crippen molar-refractivity contribution in [1.29, 1.82) is 0 Å². The molecule has 0 saturated carbocycles. The monoisotopic (exact) mass is 355 g/mol. The molecule has 136 valence electrons. The minimum Gasteiger partial charge on any atom is -0.359 e. The summed E-state index contributed by atoms with van der Waals surface area (Å²) in [6.45, 7) is 8.42. The number of rotatable bonds is 3. The summed E-state index contributed by atoms with van der Waals surface area (Å²) in [5, 5.41) is 3.49. The number of pyridine rings is 1. The first-order valence-corrected chi connectivity index (χ1v) is 9.47. The number of aliphatic imine (C=N–C) groups is 1. The predicted octanol–water partition coefficient (Wildman–Crippen LogP) is 5.15. The Kier molecular flexibility index (Phi) is 4.53. The number of hydrogen-bond acceptors (Lipinski definition) is 3. The molecule has 2 unspecified atom stereocenters. The first-order valence-electron chi connectivity index (χ1n) is 9.47. The molecule has 3 nitrogen and oxygen atoms in total. The molecular formula is C24H25N3. The van der Waals surface area contributed by atoms with Gasteiger partial charge in [-0.25, -0.2) is 0 Å². The maximum Gasteiger partial charge on any atom is 0.112 e. The van der Waals surface area contributed by atoms with Gasteiger partial charge in [0, 0.05) is 41.7 Å². The van der Waals surface area contributed by atoms with Crippen molar-refractivity contribution >= 4 is 12.3 Å². The molecule has 3 aliphatic rings. The van der Waals surface area contributed by atoms with Gasteiger partial charge in [0.15, 0.2) is 0 Å². The summed E-state index contributed by atoms with van der Waals surface area (Å²) in [6, 6.07) is 5.90. The van der Waals surface area contributed by atoms with Crippen molar-refractivity contribution in [2.45, 2.75) is 32.2 Å². The van der Waals surface area contributed by atoms with Crippen LogP contribution in [-0.4, -0.2) is 16.7 Å². The smallest absolute Gasteiger partial charge is 0.112 e. The minimum absolute atomic E-state index is 0.329. The average molecular weight is 355 g/mol. The molecule has 1 aliphatic heterocycles. The van der Waals surface area contributed by atoms with E-state index in [0.29, 0.717) is 5.92 Å². The first kappa shape index (κ1) is 17.5. The van der Waals surface area contributed by atoms with Crippen molar-refractivity contribution in [3.05, 3.63) is 95.2 Å². The van der Waals surface area contributed by atoms with Gasteiger partial charge in [-0.2, -0.15) is 0 Å². The molecule has 1 aromatic rings. The van der Waals surface area contributed by atoms with Gasteiger partial charge in [-0.1, -0.05) is 36.4 Å². The van der Waals surface area contributed by atoms with Crippen molar-refractivity contribution in [3.63, 3.8) is 0 Å². The molecule has 2 bridgehead atoms. The summed E-state index contributed by atoms with van der Waals surface area (Å²) < 4.78 is 0.